The van der Waals surface area contributed by atoms with E-state index in [1.807, 2.05) is 13.8 Å². The summed E-state index contributed by atoms with van der Waals surface area (Å²) < 4.78 is 31.4. The van der Waals surface area contributed by atoms with Gasteiger partial charge in [0.2, 0.25) is 0 Å². The normalized spacial score (nSPS) is 27.9. The quantitative estimate of drug-likeness (QED) is 0.554. The van der Waals surface area contributed by atoms with Gasteiger partial charge in [-0.2, -0.15) is 0 Å². The van der Waals surface area contributed by atoms with Crippen LogP contribution in [-0.4, -0.2) is 32.8 Å². The van der Waals surface area contributed by atoms with E-state index >= 15 is 0 Å². The van der Waals surface area contributed by atoms with Crippen LogP contribution in [0, 0.1) is 0 Å². The van der Waals surface area contributed by atoms with E-state index in [0.29, 0.717) is 18.9 Å². The third-order valence-electron chi connectivity index (χ3n) is 2.36. The Bertz CT molecular complexity index is 267. The molecule has 96 valence electrons. The van der Waals surface area contributed by atoms with Gasteiger partial charge in [0, 0.05) is 11.7 Å². The lowest BCUT2D eigenvalue weighted by Crippen LogP contribution is -2.23. The molecule has 3 unspecified atom stereocenters. The Morgan fingerprint density at radius 2 is 2.31 bits per heavy atom. The van der Waals surface area contributed by atoms with Crippen LogP contribution in [0.1, 0.15) is 33.6 Å². The molecule has 0 aliphatic carbocycles. The molecule has 1 rings (SSSR count). The Labute approximate surface area is 105 Å². The first kappa shape index (κ1) is 14.9. The molecule has 3 atom stereocenters. The molecule has 1 heterocycles. The van der Waals surface area contributed by atoms with Crippen LogP contribution in [-0.2, 0) is 20.5 Å². The van der Waals surface area contributed by atoms with Crippen molar-refractivity contribution in [2.45, 2.75) is 38.9 Å². The fraction of sp³-hybridized carbons (Fsp3) is 1.00. The Balaban J connectivity index is 2.74. The Morgan fingerprint density at radius 3 is 2.75 bits per heavy atom. The second-order valence-corrected chi connectivity index (χ2v) is 10.1. The zero-order chi connectivity index (χ0) is 12.2. The molecule has 4 nitrogen and oxygen atoms in total. The largest absolute Gasteiger partial charge is 0.598 e. The Hall–Kier alpha value is 0.810. The number of rotatable bonds is 6. The van der Waals surface area contributed by atoms with Crippen molar-refractivity contribution in [3.05, 3.63) is 0 Å². The maximum atomic E-state index is 12.7. The van der Waals surface area contributed by atoms with Crippen LogP contribution in [0.25, 0.3) is 0 Å². The van der Waals surface area contributed by atoms with Gasteiger partial charge in [-0.25, -0.2) is 0 Å². The minimum Gasteiger partial charge on any atom is -0.598 e. The number of hydrogen-bond donors (Lipinski definition) is 0. The van der Waals surface area contributed by atoms with E-state index in [-0.39, 0.29) is 5.25 Å². The lowest BCUT2D eigenvalue weighted by molar-refractivity contribution is 0.320. The smallest absolute Gasteiger partial charge is 0.369 e. The predicted molar refractivity (Wildman–Crippen MR) is 70.9 cm³/mol. The van der Waals surface area contributed by atoms with Crippen molar-refractivity contribution in [3.8, 4) is 0 Å². The van der Waals surface area contributed by atoms with Gasteiger partial charge < -0.3 is 9.08 Å². The van der Waals surface area contributed by atoms with Crippen molar-refractivity contribution in [1.82, 2.24) is 4.08 Å². The third kappa shape index (κ3) is 3.65. The van der Waals surface area contributed by atoms with Crippen LogP contribution in [0.4, 0.5) is 0 Å². The molecule has 7 heteroatoms. The SMILES string of the molecule is CCOP(=O)(SC(C)CC)N1CCC[S+]1[O-]. The molecule has 1 saturated heterocycles. The molecular formula is C9H20NO3PS2. The van der Waals surface area contributed by atoms with Gasteiger partial charge in [0.15, 0.2) is 0 Å². The van der Waals surface area contributed by atoms with Gasteiger partial charge in [-0.15, -0.1) is 0 Å². The highest BCUT2D eigenvalue weighted by Crippen LogP contribution is 2.66. The molecule has 0 aromatic carbocycles. The van der Waals surface area contributed by atoms with Gasteiger partial charge in [-0.1, -0.05) is 13.8 Å². The molecular weight excluding hydrogens is 265 g/mol. The zero-order valence-electron chi connectivity index (χ0n) is 10.0. The highest BCUT2D eigenvalue weighted by Gasteiger charge is 2.45. The minimum atomic E-state index is -2.95. The van der Waals surface area contributed by atoms with Crippen LogP contribution in [0.15, 0.2) is 0 Å². The van der Waals surface area contributed by atoms with Gasteiger partial charge in [-0.05, 0) is 28.8 Å². The van der Waals surface area contributed by atoms with E-state index in [0.717, 1.165) is 12.8 Å². The van der Waals surface area contributed by atoms with Crippen LogP contribution in [0.2, 0.25) is 0 Å². The van der Waals surface area contributed by atoms with Gasteiger partial charge in [-0.3, -0.25) is 4.57 Å². The first-order valence-corrected chi connectivity index (χ1v) is 9.96. The molecule has 1 aliphatic heterocycles. The molecule has 1 aliphatic rings. The summed E-state index contributed by atoms with van der Waals surface area (Å²) in [5.74, 6) is 0.609. The molecule has 0 spiro atoms. The second kappa shape index (κ2) is 6.66. The molecule has 0 aromatic rings. The monoisotopic (exact) mass is 285 g/mol. The lowest BCUT2D eigenvalue weighted by Gasteiger charge is -2.26. The van der Waals surface area contributed by atoms with Crippen LogP contribution >= 0.6 is 18.1 Å². The summed E-state index contributed by atoms with van der Waals surface area (Å²) in [4.78, 5) is 0. The topological polar surface area (TPSA) is 52.6 Å². The van der Waals surface area contributed by atoms with Gasteiger partial charge >= 0.3 is 6.72 Å². The van der Waals surface area contributed by atoms with Crippen LogP contribution < -0.4 is 0 Å². The highest BCUT2D eigenvalue weighted by atomic mass is 32.7. The van der Waals surface area contributed by atoms with E-state index in [1.165, 1.54) is 11.4 Å². The van der Waals surface area contributed by atoms with Crippen molar-refractivity contribution < 1.29 is 13.6 Å². The van der Waals surface area contributed by atoms with Gasteiger partial charge in [0.25, 0.3) is 0 Å². The summed E-state index contributed by atoms with van der Waals surface area (Å²) >= 11 is 0.213. The molecule has 0 amide bonds. The summed E-state index contributed by atoms with van der Waals surface area (Å²) in [5, 5.41) is 0.259. The summed E-state index contributed by atoms with van der Waals surface area (Å²) in [7, 11) is 0. The number of hydrogen-bond acceptors (Lipinski definition) is 4. The average Bonchev–Trinajstić information content (AvgIpc) is 2.65. The van der Waals surface area contributed by atoms with E-state index < -0.39 is 18.1 Å². The van der Waals surface area contributed by atoms with Gasteiger partial charge in [0.1, 0.15) is 5.75 Å². The molecule has 0 radical (unpaired) electrons. The molecule has 0 saturated carbocycles. The fourth-order valence-corrected chi connectivity index (χ4v) is 9.07. The van der Waals surface area contributed by atoms with E-state index in [4.69, 9.17) is 4.52 Å². The predicted octanol–water partition coefficient (Wildman–Crippen LogP) is 3.03. The third-order valence-corrected chi connectivity index (χ3v) is 10.2. The summed E-state index contributed by atoms with van der Waals surface area (Å²) in [6, 6.07) is 0. The maximum Gasteiger partial charge on any atom is 0.369 e. The molecule has 0 N–H and O–H groups in total. The summed E-state index contributed by atoms with van der Waals surface area (Å²) in [5.41, 5.74) is 0. The highest BCUT2D eigenvalue weighted by molar-refractivity contribution is 8.57. The van der Waals surface area contributed by atoms with Crippen molar-refractivity contribution in [2.75, 3.05) is 18.9 Å². The standard InChI is InChI=1S/C9H20NO3PS2/c1-4-9(3)15-14(11,13-5-2)10-7-6-8-16(10)12/h9H,4-8H2,1-3H3. The second-order valence-electron chi connectivity index (χ2n) is 3.67. The summed E-state index contributed by atoms with van der Waals surface area (Å²) in [6.07, 6.45) is 1.77. The maximum absolute atomic E-state index is 12.7. The van der Waals surface area contributed by atoms with Crippen molar-refractivity contribution in [2.24, 2.45) is 0 Å². The molecule has 0 bridgehead atoms. The van der Waals surface area contributed by atoms with E-state index in [9.17, 15) is 9.12 Å². The summed E-state index contributed by atoms with van der Waals surface area (Å²) in [6.45, 7) is 3.97. The number of nitrogens with zero attached hydrogens (tertiary/aromatic N) is 1. The average molecular weight is 285 g/mol. The molecule has 0 aromatic heterocycles. The minimum absolute atomic E-state index is 0.259. The van der Waals surface area contributed by atoms with Crippen molar-refractivity contribution in [1.29, 1.82) is 0 Å². The van der Waals surface area contributed by atoms with Crippen molar-refractivity contribution in [3.63, 3.8) is 0 Å². The Morgan fingerprint density at radius 1 is 1.62 bits per heavy atom. The van der Waals surface area contributed by atoms with Crippen LogP contribution in [0.5, 0.6) is 0 Å². The van der Waals surface area contributed by atoms with E-state index in [1.54, 1.807) is 4.08 Å². The first-order valence-electron chi connectivity index (χ1n) is 5.63. The lowest BCUT2D eigenvalue weighted by atomic mass is 10.4. The van der Waals surface area contributed by atoms with Gasteiger partial charge in [0.05, 0.1) is 24.5 Å². The fourth-order valence-electron chi connectivity index (χ4n) is 1.38. The molecule has 1 fully saturated rings. The zero-order valence-corrected chi connectivity index (χ0v) is 12.6. The first-order chi connectivity index (χ1) is 7.53. The Kier molecular flexibility index (Phi) is 6.19. The molecule has 16 heavy (non-hydrogen) atoms. The van der Waals surface area contributed by atoms with E-state index in [2.05, 4.69) is 6.92 Å². The van der Waals surface area contributed by atoms with Crippen LogP contribution in [0.3, 0.4) is 0 Å². The van der Waals surface area contributed by atoms with Crippen molar-refractivity contribution >= 4 is 29.5 Å².